The topological polar surface area (TPSA) is 33.7 Å². The Bertz CT molecular complexity index is 761. The van der Waals surface area contributed by atoms with Gasteiger partial charge >= 0.3 is 0 Å². The Morgan fingerprint density at radius 1 is 0.583 bits per heavy atom. The number of hydrogen-bond donors (Lipinski definition) is 1. The molecular weight excluding hydrogens is 588 g/mol. The maximum Gasteiger partial charge on any atom is 0.0935 e. The standard InChI is InChI=1S/C44H82N2O2/c1-4-6-8-10-12-14-16-18-20-22-24-26-28-30-32-34-38-47-42-44(41-46-37-36-45-40-43(46)3)48-39-35-33-31-29-27-25-23-21-19-17-15-13-11-9-7-5-2/h12-15,18-21,43-45H,4-11,16-17,22-42H2,1-3H3. The van der Waals surface area contributed by atoms with E-state index < -0.39 is 0 Å². The molecule has 0 bridgehead atoms. The Morgan fingerprint density at radius 2 is 1.04 bits per heavy atom. The van der Waals surface area contributed by atoms with E-state index in [1.165, 1.54) is 141 Å². The second kappa shape index (κ2) is 37.1. The van der Waals surface area contributed by atoms with E-state index in [1.54, 1.807) is 0 Å². The van der Waals surface area contributed by atoms with E-state index in [-0.39, 0.29) is 6.10 Å². The third kappa shape index (κ3) is 30.8. The summed E-state index contributed by atoms with van der Waals surface area (Å²) in [5.74, 6) is 0. The largest absolute Gasteiger partial charge is 0.379 e. The lowest BCUT2D eigenvalue weighted by atomic mass is 10.1. The molecule has 1 N–H and O–H groups in total. The molecule has 48 heavy (non-hydrogen) atoms. The molecule has 4 heteroatoms. The highest BCUT2D eigenvalue weighted by Crippen LogP contribution is 2.12. The van der Waals surface area contributed by atoms with Gasteiger partial charge in [-0.05, 0) is 84.0 Å². The summed E-state index contributed by atoms with van der Waals surface area (Å²) in [6.45, 7) is 13.6. The lowest BCUT2D eigenvalue weighted by molar-refractivity contribution is -0.0411. The highest BCUT2D eigenvalue weighted by Gasteiger charge is 2.22. The SMILES string of the molecule is CCCCCC=CCC=CCCCCCCCCOCC(CN1CCNCC1C)OCCCCCCCCC=CCC=CCCCCC. The van der Waals surface area contributed by atoms with Gasteiger partial charge in [-0.2, -0.15) is 0 Å². The fourth-order valence-electron chi connectivity index (χ4n) is 6.32. The summed E-state index contributed by atoms with van der Waals surface area (Å²) in [6.07, 6.45) is 49.8. The van der Waals surface area contributed by atoms with Crippen LogP contribution in [-0.2, 0) is 9.47 Å². The summed E-state index contributed by atoms with van der Waals surface area (Å²) in [4.78, 5) is 2.59. The first kappa shape index (κ1) is 44.8. The first-order valence-corrected chi connectivity index (χ1v) is 21.0. The number of rotatable bonds is 35. The second-order valence-corrected chi connectivity index (χ2v) is 14.3. The van der Waals surface area contributed by atoms with Crippen molar-refractivity contribution in [1.82, 2.24) is 10.2 Å². The van der Waals surface area contributed by atoms with Crippen LogP contribution in [0.3, 0.4) is 0 Å². The van der Waals surface area contributed by atoms with Crippen molar-refractivity contribution in [3.63, 3.8) is 0 Å². The van der Waals surface area contributed by atoms with E-state index >= 15 is 0 Å². The zero-order chi connectivity index (χ0) is 34.4. The van der Waals surface area contributed by atoms with E-state index in [1.807, 2.05) is 0 Å². The third-order valence-electron chi connectivity index (χ3n) is 9.57. The number of ether oxygens (including phenoxy) is 2. The van der Waals surface area contributed by atoms with Gasteiger partial charge in [0.05, 0.1) is 12.7 Å². The summed E-state index contributed by atoms with van der Waals surface area (Å²) in [5.41, 5.74) is 0. The average molecular weight is 671 g/mol. The van der Waals surface area contributed by atoms with Gasteiger partial charge in [0, 0.05) is 45.4 Å². The van der Waals surface area contributed by atoms with Gasteiger partial charge in [0.25, 0.3) is 0 Å². The number of piperazine rings is 1. The van der Waals surface area contributed by atoms with Gasteiger partial charge in [0.15, 0.2) is 0 Å². The molecule has 0 aromatic carbocycles. The summed E-state index contributed by atoms with van der Waals surface area (Å²) in [6, 6.07) is 0.569. The number of hydrogen-bond acceptors (Lipinski definition) is 4. The van der Waals surface area contributed by atoms with Crippen molar-refractivity contribution in [2.24, 2.45) is 0 Å². The molecule has 1 rings (SSSR count). The van der Waals surface area contributed by atoms with Gasteiger partial charge in [-0.25, -0.2) is 0 Å². The Morgan fingerprint density at radius 3 is 1.54 bits per heavy atom. The van der Waals surface area contributed by atoms with Crippen molar-refractivity contribution in [3.8, 4) is 0 Å². The van der Waals surface area contributed by atoms with Crippen molar-refractivity contribution < 1.29 is 9.47 Å². The Kier molecular flexibility index (Phi) is 34.6. The molecule has 0 aromatic heterocycles. The predicted molar refractivity (Wildman–Crippen MR) is 213 cm³/mol. The molecule has 0 aromatic rings. The van der Waals surface area contributed by atoms with Crippen molar-refractivity contribution in [3.05, 3.63) is 48.6 Å². The maximum atomic E-state index is 6.43. The van der Waals surface area contributed by atoms with Crippen molar-refractivity contribution in [1.29, 1.82) is 0 Å². The van der Waals surface area contributed by atoms with E-state index in [2.05, 4.69) is 79.6 Å². The molecule has 1 fully saturated rings. The molecule has 1 saturated heterocycles. The molecule has 4 nitrogen and oxygen atoms in total. The normalized spacial score (nSPS) is 16.9. The highest BCUT2D eigenvalue weighted by atomic mass is 16.5. The first-order chi connectivity index (χ1) is 23.8. The summed E-state index contributed by atoms with van der Waals surface area (Å²) in [7, 11) is 0. The molecule has 2 atom stereocenters. The first-order valence-electron chi connectivity index (χ1n) is 21.0. The van der Waals surface area contributed by atoms with Crippen LogP contribution < -0.4 is 5.32 Å². The van der Waals surface area contributed by atoms with Crippen LogP contribution in [0.1, 0.15) is 175 Å². The zero-order valence-electron chi connectivity index (χ0n) is 32.5. The second-order valence-electron chi connectivity index (χ2n) is 14.3. The molecule has 0 amide bonds. The number of allylic oxidation sites excluding steroid dienone is 8. The van der Waals surface area contributed by atoms with Gasteiger partial charge in [0.1, 0.15) is 0 Å². The van der Waals surface area contributed by atoms with Gasteiger partial charge < -0.3 is 14.8 Å². The smallest absolute Gasteiger partial charge is 0.0935 e. The van der Waals surface area contributed by atoms with Crippen molar-refractivity contribution in [2.75, 3.05) is 46.0 Å². The fraction of sp³-hybridized carbons (Fsp3) is 0.818. The Balaban J connectivity index is 2.06. The Hall–Kier alpha value is -1.20. The molecule has 1 heterocycles. The van der Waals surface area contributed by atoms with Crippen LogP contribution in [-0.4, -0.2) is 63.0 Å². The van der Waals surface area contributed by atoms with Crippen LogP contribution in [0.25, 0.3) is 0 Å². The van der Waals surface area contributed by atoms with Crippen LogP contribution >= 0.6 is 0 Å². The van der Waals surface area contributed by atoms with Gasteiger partial charge in [-0.1, -0.05) is 140 Å². The van der Waals surface area contributed by atoms with Crippen LogP contribution in [0.15, 0.2) is 48.6 Å². The quantitative estimate of drug-likeness (QED) is 0.0537. The van der Waals surface area contributed by atoms with Crippen LogP contribution in [0.4, 0.5) is 0 Å². The average Bonchev–Trinajstić information content (AvgIpc) is 3.09. The van der Waals surface area contributed by atoms with E-state index in [0.29, 0.717) is 6.04 Å². The Labute approximate surface area is 300 Å². The third-order valence-corrected chi connectivity index (χ3v) is 9.57. The molecule has 280 valence electrons. The minimum absolute atomic E-state index is 0.188. The summed E-state index contributed by atoms with van der Waals surface area (Å²) in [5, 5.41) is 3.52. The predicted octanol–water partition coefficient (Wildman–Crippen LogP) is 12.3. The monoisotopic (exact) mass is 671 g/mol. The molecule has 1 aliphatic rings. The summed E-state index contributed by atoms with van der Waals surface area (Å²) < 4.78 is 12.6. The van der Waals surface area contributed by atoms with Gasteiger partial charge in [-0.3, -0.25) is 4.90 Å². The van der Waals surface area contributed by atoms with E-state index in [9.17, 15) is 0 Å². The number of nitrogens with zero attached hydrogens (tertiary/aromatic N) is 1. The summed E-state index contributed by atoms with van der Waals surface area (Å²) >= 11 is 0. The number of unbranched alkanes of at least 4 members (excludes halogenated alkanes) is 18. The highest BCUT2D eigenvalue weighted by molar-refractivity contribution is 4.93. The molecule has 0 spiro atoms. The van der Waals surface area contributed by atoms with Gasteiger partial charge in [-0.15, -0.1) is 0 Å². The minimum Gasteiger partial charge on any atom is -0.379 e. The zero-order valence-corrected chi connectivity index (χ0v) is 32.5. The van der Waals surface area contributed by atoms with Crippen LogP contribution in [0.5, 0.6) is 0 Å². The fourth-order valence-corrected chi connectivity index (χ4v) is 6.32. The lowest BCUT2D eigenvalue weighted by Gasteiger charge is -2.36. The van der Waals surface area contributed by atoms with Crippen molar-refractivity contribution >= 4 is 0 Å². The number of nitrogens with one attached hydrogen (secondary N) is 1. The molecule has 0 saturated carbocycles. The van der Waals surface area contributed by atoms with Crippen LogP contribution in [0, 0.1) is 0 Å². The van der Waals surface area contributed by atoms with Crippen LogP contribution in [0.2, 0.25) is 0 Å². The van der Waals surface area contributed by atoms with Gasteiger partial charge in [0.2, 0.25) is 0 Å². The van der Waals surface area contributed by atoms with E-state index in [0.717, 1.165) is 58.8 Å². The molecular formula is C44H82N2O2. The van der Waals surface area contributed by atoms with E-state index in [4.69, 9.17) is 9.47 Å². The molecule has 0 radical (unpaired) electrons. The molecule has 0 aliphatic carbocycles. The molecule has 2 unspecified atom stereocenters. The van der Waals surface area contributed by atoms with Crippen molar-refractivity contribution in [2.45, 2.75) is 187 Å². The minimum atomic E-state index is 0.188. The molecule has 1 aliphatic heterocycles. The lowest BCUT2D eigenvalue weighted by Crippen LogP contribution is -2.52. The maximum absolute atomic E-state index is 6.43.